The highest BCUT2D eigenvalue weighted by Gasteiger charge is 2.20. The van der Waals surface area contributed by atoms with Crippen LogP contribution in [0.15, 0.2) is 35.7 Å². The van der Waals surface area contributed by atoms with E-state index in [0.717, 1.165) is 17.8 Å². The van der Waals surface area contributed by atoms with Crippen LogP contribution in [0, 0.1) is 5.82 Å². The van der Waals surface area contributed by atoms with Gasteiger partial charge in [0.25, 0.3) is 0 Å². The van der Waals surface area contributed by atoms with Crippen molar-refractivity contribution < 1.29 is 4.39 Å². The normalized spacial score (nSPS) is 12.6. The van der Waals surface area contributed by atoms with Gasteiger partial charge in [0.2, 0.25) is 0 Å². The third-order valence-corrected chi connectivity index (χ3v) is 3.98. The molecule has 1 nitrogen and oxygen atoms in total. The van der Waals surface area contributed by atoms with E-state index >= 15 is 0 Å². The molecule has 1 atom stereocenters. The van der Waals surface area contributed by atoms with E-state index < -0.39 is 0 Å². The van der Waals surface area contributed by atoms with E-state index in [9.17, 15) is 4.39 Å². The van der Waals surface area contributed by atoms with Gasteiger partial charge in [0.15, 0.2) is 0 Å². The predicted octanol–water partition coefficient (Wildman–Crippen LogP) is 4.63. The highest BCUT2D eigenvalue weighted by atomic mass is 35.5. The number of rotatable bonds is 5. The predicted molar refractivity (Wildman–Crippen MR) is 75.9 cm³/mol. The Labute approximate surface area is 116 Å². The average molecular weight is 284 g/mol. The third-order valence-electron chi connectivity index (χ3n) is 2.71. The Hall–Kier alpha value is -0.900. The quantitative estimate of drug-likeness (QED) is 0.844. The van der Waals surface area contributed by atoms with Gasteiger partial charge in [-0.15, -0.1) is 11.3 Å². The number of hydrogen-bond acceptors (Lipinski definition) is 2. The molecule has 1 unspecified atom stereocenters. The van der Waals surface area contributed by atoms with E-state index in [0.29, 0.717) is 10.6 Å². The van der Waals surface area contributed by atoms with Crippen molar-refractivity contribution in [2.45, 2.75) is 19.4 Å². The molecule has 2 aromatic rings. The van der Waals surface area contributed by atoms with Crippen LogP contribution in [0.5, 0.6) is 0 Å². The smallest absolute Gasteiger partial charge is 0.129 e. The molecular weight excluding hydrogens is 269 g/mol. The van der Waals surface area contributed by atoms with Crippen molar-refractivity contribution in [3.8, 4) is 0 Å². The van der Waals surface area contributed by atoms with Crippen molar-refractivity contribution in [1.29, 1.82) is 0 Å². The standard InChI is InChI=1S/C14H15ClFNS/c1-2-8-17-14(12-7-4-9-18-12)13-10(15)5-3-6-11(13)16/h3-7,9,14,17H,2,8H2,1H3. The second-order valence-electron chi connectivity index (χ2n) is 4.04. The fourth-order valence-corrected chi connectivity index (χ4v) is 2.96. The number of benzene rings is 1. The molecule has 0 saturated heterocycles. The van der Waals surface area contributed by atoms with Gasteiger partial charge in [-0.3, -0.25) is 0 Å². The summed E-state index contributed by atoms with van der Waals surface area (Å²) < 4.78 is 14.0. The van der Waals surface area contributed by atoms with Gasteiger partial charge in [-0.2, -0.15) is 0 Å². The zero-order valence-corrected chi connectivity index (χ0v) is 11.7. The van der Waals surface area contributed by atoms with Crippen molar-refractivity contribution in [3.05, 3.63) is 57.0 Å². The first-order chi connectivity index (χ1) is 8.74. The second kappa shape index (κ2) is 6.32. The van der Waals surface area contributed by atoms with Crippen LogP contribution in [0.3, 0.4) is 0 Å². The summed E-state index contributed by atoms with van der Waals surface area (Å²) in [7, 11) is 0. The summed E-state index contributed by atoms with van der Waals surface area (Å²) in [6.07, 6.45) is 0.994. The fourth-order valence-electron chi connectivity index (χ4n) is 1.88. The van der Waals surface area contributed by atoms with Crippen LogP contribution in [0.25, 0.3) is 0 Å². The first-order valence-electron chi connectivity index (χ1n) is 5.94. The van der Waals surface area contributed by atoms with Gasteiger partial charge in [-0.25, -0.2) is 4.39 Å². The third kappa shape index (κ3) is 2.91. The maximum atomic E-state index is 14.0. The van der Waals surface area contributed by atoms with Gasteiger partial charge >= 0.3 is 0 Å². The molecule has 0 saturated carbocycles. The molecule has 0 aliphatic rings. The number of nitrogens with one attached hydrogen (secondary N) is 1. The lowest BCUT2D eigenvalue weighted by Gasteiger charge is -2.19. The number of hydrogen-bond donors (Lipinski definition) is 1. The minimum atomic E-state index is -0.260. The van der Waals surface area contributed by atoms with Gasteiger partial charge in [0, 0.05) is 15.5 Å². The SMILES string of the molecule is CCCNC(c1cccs1)c1c(F)cccc1Cl. The zero-order chi connectivity index (χ0) is 13.0. The topological polar surface area (TPSA) is 12.0 Å². The lowest BCUT2D eigenvalue weighted by Crippen LogP contribution is -2.23. The molecule has 0 bridgehead atoms. The van der Waals surface area contributed by atoms with Gasteiger partial charge in [-0.05, 0) is 36.5 Å². The summed E-state index contributed by atoms with van der Waals surface area (Å²) in [4.78, 5) is 1.08. The Balaban J connectivity index is 2.40. The average Bonchev–Trinajstić information content (AvgIpc) is 2.86. The molecule has 1 heterocycles. The molecular formula is C14H15ClFNS. The number of halogens is 2. The molecule has 0 aliphatic carbocycles. The molecule has 96 valence electrons. The highest BCUT2D eigenvalue weighted by Crippen LogP contribution is 2.32. The largest absolute Gasteiger partial charge is 0.305 e. The van der Waals surface area contributed by atoms with Crippen LogP contribution in [-0.2, 0) is 0 Å². The molecule has 0 fully saturated rings. The summed E-state index contributed by atoms with van der Waals surface area (Å²) in [6.45, 7) is 2.91. The van der Waals surface area contributed by atoms with Crippen LogP contribution in [0.2, 0.25) is 5.02 Å². The van der Waals surface area contributed by atoms with E-state index in [1.165, 1.54) is 6.07 Å². The Morgan fingerprint density at radius 2 is 2.17 bits per heavy atom. The van der Waals surface area contributed by atoms with Crippen LogP contribution >= 0.6 is 22.9 Å². The molecule has 0 radical (unpaired) electrons. The summed E-state index contributed by atoms with van der Waals surface area (Å²) in [5, 5.41) is 5.82. The van der Waals surface area contributed by atoms with Gasteiger partial charge < -0.3 is 5.32 Å². The van der Waals surface area contributed by atoms with E-state index in [1.807, 2.05) is 17.5 Å². The van der Waals surface area contributed by atoms with E-state index in [1.54, 1.807) is 23.5 Å². The maximum absolute atomic E-state index is 14.0. The molecule has 0 spiro atoms. The molecule has 0 aliphatic heterocycles. The Kier molecular flexibility index (Phi) is 4.75. The summed E-state index contributed by atoms with van der Waals surface area (Å²) in [5.41, 5.74) is 0.537. The molecule has 1 aromatic carbocycles. The molecule has 2 rings (SSSR count). The van der Waals surface area contributed by atoms with E-state index in [4.69, 9.17) is 11.6 Å². The van der Waals surface area contributed by atoms with Crippen LogP contribution in [-0.4, -0.2) is 6.54 Å². The zero-order valence-electron chi connectivity index (χ0n) is 10.1. The minimum Gasteiger partial charge on any atom is -0.305 e. The molecule has 0 amide bonds. The monoisotopic (exact) mass is 283 g/mol. The summed E-state index contributed by atoms with van der Waals surface area (Å²) >= 11 is 7.75. The number of thiophene rings is 1. The summed E-state index contributed by atoms with van der Waals surface area (Å²) in [6, 6.07) is 8.62. The van der Waals surface area contributed by atoms with Crippen LogP contribution in [0.1, 0.15) is 29.8 Å². The molecule has 1 aromatic heterocycles. The van der Waals surface area contributed by atoms with E-state index in [-0.39, 0.29) is 11.9 Å². The second-order valence-corrected chi connectivity index (χ2v) is 5.42. The van der Waals surface area contributed by atoms with Gasteiger partial charge in [0.05, 0.1) is 6.04 Å². The van der Waals surface area contributed by atoms with Gasteiger partial charge in [-0.1, -0.05) is 30.7 Å². The van der Waals surface area contributed by atoms with Crippen LogP contribution < -0.4 is 5.32 Å². The van der Waals surface area contributed by atoms with Gasteiger partial charge in [0.1, 0.15) is 5.82 Å². The highest BCUT2D eigenvalue weighted by molar-refractivity contribution is 7.10. The Morgan fingerprint density at radius 3 is 2.78 bits per heavy atom. The van der Waals surface area contributed by atoms with Crippen molar-refractivity contribution in [2.24, 2.45) is 0 Å². The fraction of sp³-hybridized carbons (Fsp3) is 0.286. The molecule has 18 heavy (non-hydrogen) atoms. The van der Waals surface area contributed by atoms with Crippen LogP contribution in [0.4, 0.5) is 4.39 Å². The Bertz CT molecular complexity index is 478. The molecule has 4 heteroatoms. The molecule has 1 N–H and O–H groups in total. The van der Waals surface area contributed by atoms with Crippen molar-refractivity contribution in [3.63, 3.8) is 0 Å². The van der Waals surface area contributed by atoms with Crippen molar-refractivity contribution >= 4 is 22.9 Å². The van der Waals surface area contributed by atoms with Crippen molar-refractivity contribution in [1.82, 2.24) is 5.32 Å². The van der Waals surface area contributed by atoms with Crippen molar-refractivity contribution in [2.75, 3.05) is 6.54 Å². The first kappa shape index (κ1) is 13.5. The lowest BCUT2D eigenvalue weighted by atomic mass is 10.0. The first-order valence-corrected chi connectivity index (χ1v) is 7.20. The maximum Gasteiger partial charge on any atom is 0.129 e. The summed E-state index contributed by atoms with van der Waals surface area (Å²) in [5.74, 6) is -0.260. The van der Waals surface area contributed by atoms with E-state index in [2.05, 4.69) is 12.2 Å². The minimum absolute atomic E-state index is 0.168. The lowest BCUT2D eigenvalue weighted by molar-refractivity contribution is 0.551. The Morgan fingerprint density at radius 1 is 1.33 bits per heavy atom.